The highest BCUT2D eigenvalue weighted by Crippen LogP contribution is 2.26. The van der Waals surface area contributed by atoms with Crippen LogP contribution in [0.15, 0.2) is 24.3 Å². The Hall–Kier alpha value is -1.43. The van der Waals surface area contributed by atoms with Gasteiger partial charge >= 0.3 is 0 Å². The molecule has 0 radical (unpaired) electrons. The third-order valence-corrected chi connectivity index (χ3v) is 6.36. The number of aryl methyl sites for hydroxylation is 1. The lowest BCUT2D eigenvalue weighted by Gasteiger charge is -2.44. The van der Waals surface area contributed by atoms with Crippen LogP contribution in [0.1, 0.15) is 30.4 Å². The number of nitrogens with one attached hydrogen (secondary N) is 1. The fraction of sp³-hybridized carbons (Fsp3) is 0.650. The third-order valence-electron chi connectivity index (χ3n) is 6.36. The molecule has 2 saturated heterocycles. The van der Waals surface area contributed by atoms with Gasteiger partial charge in [0.2, 0.25) is 5.91 Å². The molecule has 2 aliphatic heterocycles. The number of hydrogen-bond acceptors (Lipinski definition) is 4. The summed E-state index contributed by atoms with van der Waals surface area (Å²) in [7, 11) is 0. The molecule has 1 atom stereocenters. The molecule has 0 saturated carbocycles. The lowest BCUT2D eigenvalue weighted by molar-refractivity contribution is -0.140. The summed E-state index contributed by atoms with van der Waals surface area (Å²) in [6.07, 6.45) is 5.07. The Morgan fingerprint density at radius 3 is 2.48 bits per heavy atom. The number of amides is 1. The number of rotatable bonds is 2. The molecule has 3 aliphatic rings. The van der Waals surface area contributed by atoms with Crippen LogP contribution in [-0.2, 0) is 17.6 Å². The summed E-state index contributed by atoms with van der Waals surface area (Å²) >= 11 is 0. The Balaban J connectivity index is 1.34. The van der Waals surface area contributed by atoms with Crippen molar-refractivity contribution in [1.29, 1.82) is 0 Å². The summed E-state index contributed by atoms with van der Waals surface area (Å²) in [4.78, 5) is 17.5. The molecular formula is C20H30N4O. The first-order chi connectivity index (χ1) is 12.2. The Morgan fingerprint density at radius 2 is 1.76 bits per heavy atom. The van der Waals surface area contributed by atoms with Crippen molar-refractivity contribution in [3.63, 3.8) is 0 Å². The summed E-state index contributed by atoms with van der Waals surface area (Å²) in [5.41, 5.74) is 8.80. The van der Waals surface area contributed by atoms with Crippen LogP contribution in [-0.4, -0.2) is 66.6 Å². The van der Waals surface area contributed by atoms with Crippen LogP contribution in [0.25, 0.3) is 0 Å². The van der Waals surface area contributed by atoms with Crippen LogP contribution in [0.3, 0.4) is 0 Å². The molecule has 5 nitrogen and oxygen atoms in total. The van der Waals surface area contributed by atoms with Crippen molar-refractivity contribution in [3.8, 4) is 0 Å². The SMILES string of the molecule is NC1(C(=O)N2CCN([C@H]3CCc4ccccc4C3)CC2)CCNCC1. The highest BCUT2D eigenvalue weighted by molar-refractivity contribution is 5.86. The van der Waals surface area contributed by atoms with Gasteiger partial charge < -0.3 is 16.0 Å². The zero-order valence-electron chi connectivity index (χ0n) is 15.0. The van der Waals surface area contributed by atoms with Crippen LogP contribution in [0, 0.1) is 0 Å². The Bertz CT molecular complexity index is 618. The van der Waals surface area contributed by atoms with Gasteiger partial charge in [-0.2, -0.15) is 0 Å². The smallest absolute Gasteiger partial charge is 0.242 e. The quantitative estimate of drug-likeness (QED) is 0.833. The van der Waals surface area contributed by atoms with E-state index < -0.39 is 5.54 Å². The largest absolute Gasteiger partial charge is 0.339 e. The van der Waals surface area contributed by atoms with E-state index in [1.54, 1.807) is 0 Å². The van der Waals surface area contributed by atoms with E-state index in [-0.39, 0.29) is 5.91 Å². The number of carbonyl (C=O) groups is 1. The maximum Gasteiger partial charge on any atom is 0.242 e. The predicted molar refractivity (Wildman–Crippen MR) is 99.4 cm³/mol. The van der Waals surface area contributed by atoms with E-state index >= 15 is 0 Å². The monoisotopic (exact) mass is 342 g/mol. The zero-order valence-corrected chi connectivity index (χ0v) is 15.0. The number of piperazine rings is 1. The van der Waals surface area contributed by atoms with Crippen molar-refractivity contribution >= 4 is 5.91 Å². The average Bonchev–Trinajstić information content (AvgIpc) is 2.68. The predicted octanol–water partition coefficient (Wildman–Crippen LogP) is 0.769. The summed E-state index contributed by atoms with van der Waals surface area (Å²) < 4.78 is 0. The van der Waals surface area contributed by atoms with Crippen LogP contribution < -0.4 is 11.1 Å². The van der Waals surface area contributed by atoms with Gasteiger partial charge in [0.05, 0.1) is 5.54 Å². The van der Waals surface area contributed by atoms with Crippen molar-refractivity contribution < 1.29 is 4.79 Å². The third kappa shape index (κ3) is 3.46. The second kappa shape index (κ2) is 7.06. The average molecular weight is 342 g/mol. The molecule has 136 valence electrons. The lowest BCUT2D eigenvalue weighted by atomic mass is 9.86. The Labute approximate surface area is 150 Å². The number of nitrogens with zero attached hydrogens (tertiary/aromatic N) is 2. The molecule has 1 aromatic rings. The standard InChI is InChI=1S/C20H30N4O/c21-20(7-9-22-10-8-20)19(25)24-13-11-23(12-14-24)18-6-5-16-3-1-2-4-17(16)15-18/h1-4,18,22H,5-15,21H2/t18-/m0/s1. The van der Waals surface area contributed by atoms with Crippen molar-refractivity contribution in [3.05, 3.63) is 35.4 Å². The molecule has 2 fully saturated rings. The van der Waals surface area contributed by atoms with Gasteiger partial charge in [-0.15, -0.1) is 0 Å². The lowest BCUT2D eigenvalue weighted by Crippen LogP contribution is -2.63. The van der Waals surface area contributed by atoms with E-state index in [0.717, 1.165) is 58.5 Å². The molecular weight excluding hydrogens is 312 g/mol. The van der Waals surface area contributed by atoms with Gasteiger partial charge in [-0.25, -0.2) is 0 Å². The summed E-state index contributed by atoms with van der Waals surface area (Å²) in [6.45, 7) is 5.31. The molecule has 1 aliphatic carbocycles. The number of hydrogen-bond donors (Lipinski definition) is 2. The Morgan fingerprint density at radius 1 is 1.08 bits per heavy atom. The van der Waals surface area contributed by atoms with Crippen molar-refractivity contribution in [1.82, 2.24) is 15.1 Å². The first-order valence-electron chi connectivity index (χ1n) is 9.75. The molecule has 1 aromatic carbocycles. The molecule has 5 heteroatoms. The molecule has 2 heterocycles. The topological polar surface area (TPSA) is 61.6 Å². The summed E-state index contributed by atoms with van der Waals surface area (Å²) in [5, 5.41) is 3.30. The van der Waals surface area contributed by atoms with Crippen LogP contribution in [0.5, 0.6) is 0 Å². The second-order valence-corrected chi connectivity index (χ2v) is 7.90. The van der Waals surface area contributed by atoms with Gasteiger partial charge in [0, 0.05) is 32.2 Å². The number of carbonyl (C=O) groups excluding carboxylic acids is 1. The number of piperidine rings is 1. The molecule has 25 heavy (non-hydrogen) atoms. The molecule has 0 unspecified atom stereocenters. The fourth-order valence-electron chi connectivity index (χ4n) is 4.68. The number of nitrogens with two attached hydrogens (primary N) is 1. The van der Waals surface area contributed by atoms with E-state index in [1.807, 2.05) is 4.90 Å². The van der Waals surface area contributed by atoms with Crippen molar-refractivity contribution in [2.45, 2.75) is 43.7 Å². The Kier molecular flexibility index (Phi) is 4.80. The van der Waals surface area contributed by atoms with Gasteiger partial charge in [-0.05, 0) is 56.3 Å². The minimum absolute atomic E-state index is 0.169. The van der Waals surface area contributed by atoms with E-state index in [9.17, 15) is 4.79 Å². The molecule has 0 aromatic heterocycles. The second-order valence-electron chi connectivity index (χ2n) is 7.90. The van der Waals surface area contributed by atoms with Crippen molar-refractivity contribution in [2.75, 3.05) is 39.3 Å². The van der Waals surface area contributed by atoms with E-state index in [1.165, 1.54) is 24.0 Å². The summed E-state index contributed by atoms with van der Waals surface area (Å²) in [5.74, 6) is 0.169. The molecule has 4 rings (SSSR count). The highest BCUT2D eigenvalue weighted by atomic mass is 16.2. The van der Waals surface area contributed by atoms with E-state index in [4.69, 9.17) is 5.73 Å². The van der Waals surface area contributed by atoms with E-state index in [0.29, 0.717) is 6.04 Å². The van der Waals surface area contributed by atoms with Crippen LogP contribution >= 0.6 is 0 Å². The maximum atomic E-state index is 12.9. The normalized spacial score (nSPS) is 26.9. The zero-order chi connectivity index (χ0) is 17.3. The molecule has 0 bridgehead atoms. The van der Waals surface area contributed by atoms with Gasteiger partial charge in [0.15, 0.2) is 0 Å². The summed E-state index contributed by atoms with van der Waals surface area (Å²) in [6, 6.07) is 9.46. The molecule has 1 amide bonds. The van der Waals surface area contributed by atoms with Crippen LogP contribution in [0.2, 0.25) is 0 Å². The van der Waals surface area contributed by atoms with E-state index in [2.05, 4.69) is 34.5 Å². The highest BCUT2D eigenvalue weighted by Gasteiger charge is 2.39. The first-order valence-corrected chi connectivity index (χ1v) is 9.75. The minimum atomic E-state index is -0.642. The minimum Gasteiger partial charge on any atom is -0.339 e. The maximum absolute atomic E-state index is 12.9. The van der Waals surface area contributed by atoms with Gasteiger partial charge in [0.25, 0.3) is 0 Å². The number of fused-ring (bicyclic) bond motifs is 1. The molecule has 0 spiro atoms. The van der Waals surface area contributed by atoms with Gasteiger partial charge in [-0.1, -0.05) is 24.3 Å². The van der Waals surface area contributed by atoms with Crippen molar-refractivity contribution in [2.24, 2.45) is 5.73 Å². The molecule has 3 N–H and O–H groups in total. The van der Waals surface area contributed by atoms with Gasteiger partial charge in [0.1, 0.15) is 0 Å². The van der Waals surface area contributed by atoms with Gasteiger partial charge in [-0.3, -0.25) is 9.69 Å². The first kappa shape index (κ1) is 17.0. The number of benzene rings is 1. The fourth-order valence-corrected chi connectivity index (χ4v) is 4.68. The van der Waals surface area contributed by atoms with Crippen LogP contribution in [0.4, 0.5) is 0 Å².